The average Bonchev–Trinajstić information content (AvgIpc) is 2.61. The first-order valence-electron chi connectivity index (χ1n) is 5.41. The lowest BCUT2D eigenvalue weighted by molar-refractivity contribution is 0.515. The van der Waals surface area contributed by atoms with Crippen LogP contribution in [0.1, 0.15) is 25.6 Å². The molecule has 1 heterocycles. The Morgan fingerprint density at radius 3 is 3.07 bits per heavy atom. The van der Waals surface area contributed by atoms with E-state index in [-0.39, 0.29) is 0 Å². The maximum Gasteiger partial charge on any atom is 0.133 e. The average molecular weight is 208 g/mol. The first-order chi connectivity index (χ1) is 7.24. The summed E-state index contributed by atoms with van der Waals surface area (Å²) < 4.78 is 1.95. The van der Waals surface area contributed by atoms with Crippen LogP contribution in [0.25, 0.3) is 0 Å². The van der Waals surface area contributed by atoms with E-state index >= 15 is 0 Å². The van der Waals surface area contributed by atoms with Crippen molar-refractivity contribution >= 4 is 0 Å². The second-order valence-corrected chi connectivity index (χ2v) is 3.83. The minimum Gasteiger partial charge on any atom is -0.321 e. The number of aryl methyl sites for hydroxylation is 1. The van der Waals surface area contributed by atoms with Crippen molar-refractivity contribution in [1.82, 2.24) is 20.1 Å². The summed E-state index contributed by atoms with van der Waals surface area (Å²) in [7, 11) is 1.97. The molecule has 0 amide bonds. The quantitative estimate of drug-likeness (QED) is 0.687. The maximum absolute atomic E-state index is 4.03. The number of allylic oxidation sites excluding steroid dienone is 1. The van der Waals surface area contributed by atoms with Gasteiger partial charge in [-0.15, -0.1) is 16.8 Å². The Bertz CT molecular complexity index is 293. The molecule has 0 aliphatic heterocycles. The lowest BCUT2D eigenvalue weighted by Gasteiger charge is -2.11. The Morgan fingerprint density at radius 1 is 1.67 bits per heavy atom. The molecule has 0 saturated heterocycles. The molecule has 0 radical (unpaired) electrons. The molecule has 15 heavy (non-hydrogen) atoms. The fourth-order valence-corrected chi connectivity index (χ4v) is 1.43. The zero-order valence-corrected chi connectivity index (χ0v) is 9.61. The van der Waals surface area contributed by atoms with Crippen molar-refractivity contribution in [1.29, 1.82) is 0 Å². The molecule has 4 heteroatoms. The number of hydrogen-bond acceptors (Lipinski definition) is 3. The molecule has 1 rings (SSSR count). The van der Waals surface area contributed by atoms with Crippen LogP contribution in [-0.4, -0.2) is 27.4 Å². The van der Waals surface area contributed by atoms with Gasteiger partial charge in [0.25, 0.3) is 0 Å². The highest BCUT2D eigenvalue weighted by atomic mass is 15.2. The summed E-state index contributed by atoms with van der Waals surface area (Å²) in [6.45, 7) is 6.86. The van der Waals surface area contributed by atoms with Gasteiger partial charge in [-0.1, -0.05) is 6.08 Å². The molecular weight excluding hydrogens is 188 g/mol. The summed E-state index contributed by atoms with van der Waals surface area (Å²) in [5, 5.41) is 11.3. The van der Waals surface area contributed by atoms with E-state index in [4.69, 9.17) is 0 Å². The van der Waals surface area contributed by atoms with Crippen LogP contribution in [0.2, 0.25) is 0 Å². The van der Waals surface area contributed by atoms with Gasteiger partial charge in [0.15, 0.2) is 0 Å². The lowest BCUT2D eigenvalue weighted by atomic mass is 10.2. The van der Waals surface area contributed by atoms with Crippen molar-refractivity contribution in [3.63, 3.8) is 0 Å². The molecule has 0 aliphatic rings. The van der Waals surface area contributed by atoms with Crippen LogP contribution in [0, 0.1) is 0 Å². The number of rotatable bonds is 7. The van der Waals surface area contributed by atoms with Crippen LogP contribution in [0.3, 0.4) is 0 Å². The van der Waals surface area contributed by atoms with Gasteiger partial charge in [0, 0.05) is 26.1 Å². The van der Waals surface area contributed by atoms with Crippen molar-refractivity contribution in [2.45, 2.75) is 32.2 Å². The normalized spacial score (nSPS) is 12.7. The summed E-state index contributed by atoms with van der Waals surface area (Å²) in [6.07, 6.45) is 6.83. The Hall–Kier alpha value is -1.16. The predicted octanol–water partition coefficient (Wildman–Crippen LogP) is 1.30. The molecule has 0 spiro atoms. The lowest BCUT2D eigenvalue weighted by Crippen LogP contribution is -2.28. The van der Waals surface area contributed by atoms with Gasteiger partial charge in [0.05, 0.1) is 0 Å². The number of nitrogens with one attached hydrogen (secondary N) is 1. The Morgan fingerprint density at radius 2 is 2.47 bits per heavy atom. The summed E-state index contributed by atoms with van der Waals surface area (Å²) in [5.41, 5.74) is 0. The van der Waals surface area contributed by atoms with Crippen LogP contribution in [0.4, 0.5) is 0 Å². The molecule has 1 aromatic heterocycles. The van der Waals surface area contributed by atoms with Gasteiger partial charge in [-0.05, 0) is 19.8 Å². The Balaban J connectivity index is 2.16. The highest BCUT2D eigenvalue weighted by Crippen LogP contribution is 1.97. The summed E-state index contributed by atoms with van der Waals surface area (Å²) >= 11 is 0. The molecule has 0 aliphatic carbocycles. The van der Waals surface area contributed by atoms with Crippen molar-refractivity contribution in [3.8, 4) is 0 Å². The number of nitrogens with zero attached hydrogens (tertiary/aromatic N) is 3. The maximum atomic E-state index is 4.03. The van der Waals surface area contributed by atoms with Gasteiger partial charge in [-0.25, -0.2) is 0 Å². The SMILES string of the molecule is C=CCCC(C)NCCc1nncn1C. The summed E-state index contributed by atoms with van der Waals surface area (Å²) in [6, 6.07) is 0.538. The molecule has 0 aromatic carbocycles. The zero-order valence-electron chi connectivity index (χ0n) is 9.61. The van der Waals surface area contributed by atoms with Crippen molar-refractivity contribution in [3.05, 3.63) is 24.8 Å². The third-order valence-corrected chi connectivity index (χ3v) is 2.45. The zero-order chi connectivity index (χ0) is 11.1. The van der Waals surface area contributed by atoms with Crippen molar-refractivity contribution in [2.75, 3.05) is 6.54 Å². The number of hydrogen-bond donors (Lipinski definition) is 1. The smallest absolute Gasteiger partial charge is 0.133 e. The van der Waals surface area contributed by atoms with E-state index in [1.165, 1.54) is 0 Å². The van der Waals surface area contributed by atoms with E-state index in [1.807, 2.05) is 17.7 Å². The Kier molecular flexibility index (Phi) is 5.04. The van der Waals surface area contributed by atoms with E-state index in [0.717, 1.165) is 31.6 Å². The minimum absolute atomic E-state index is 0.538. The molecule has 0 bridgehead atoms. The second-order valence-electron chi connectivity index (χ2n) is 3.83. The van der Waals surface area contributed by atoms with E-state index in [1.54, 1.807) is 6.33 Å². The third kappa shape index (κ3) is 4.25. The fraction of sp³-hybridized carbons (Fsp3) is 0.636. The van der Waals surface area contributed by atoms with E-state index in [0.29, 0.717) is 6.04 Å². The number of aromatic nitrogens is 3. The first kappa shape index (κ1) is 11.9. The van der Waals surface area contributed by atoms with Gasteiger partial charge >= 0.3 is 0 Å². The molecular formula is C11H20N4. The molecule has 1 aromatic rings. The molecule has 1 N–H and O–H groups in total. The van der Waals surface area contributed by atoms with E-state index in [9.17, 15) is 0 Å². The minimum atomic E-state index is 0.538. The molecule has 4 nitrogen and oxygen atoms in total. The molecule has 84 valence electrons. The van der Waals surface area contributed by atoms with Crippen molar-refractivity contribution < 1.29 is 0 Å². The Labute approximate surface area is 91.4 Å². The highest BCUT2D eigenvalue weighted by molar-refractivity contribution is 4.85. The van der Waals surface area contributed by atoms with Crippen LogP contribution >= 0.6 is 0 Å². The largest absolute Gasteiger partial charge is 0.321 e. The van der Waals surface area contributed by atoms with Crippen molar-refractivity contribution in [2.24, 2.45) is 7.05 Å². The second kappa shape index (κ2) is 6.35. The van der Waals surface area contributed by atoms with Crippen LogP contribution in [0.5, 0.6) is 0 Å². The van der Waals surface area contributed by atoms with Gasteiger partial charge in [-0.2, -0.15) is 0 Å². The van der Waals surface area contributed by atoms with Crippen LogP contribution < -0.4 is 5.32 Å². The predicted molar refractivity (Wildman–Crippen MR) is 61.6 cm³/mol. The van der Waals surface area contributed by atoms with Crippen LogP contribution in [0.15, 0.2) is 19.0 Å². The van der Waals surface area contributed by atoms with Gasteiger partial charge in [-0.3, -0.25) is 0 Å². The van der Waals surface area contributed by atoms with Gasteiger partial charge in [0.2, 0.25) is 0 Å². The molecule has 1 unspecified atom stereocenters. The molecule has 0 saturated carbocycles. The van der Waals surface area contributed by atoms with Gasteiger partial charge in [0.1, 0.15) is 12.2 Å². The summed E-state index contributed by atoms with van der Waals surface area (Å²) in [4.78, 5) is 0. The van der Waals surface area contributed by atoms with Crippen LogP contribution in [-0.2, 0) is 13.5 Å². The molecule has 0 fully saturated rings. The third-order valence-electron chi connectivity index (χ3n) is 2.45. The first-order valence-corrected chi connectivity index (χ1v) is 5.41. The van der Waals surface area contributed by atoms with Gasteiger partial charge < -0.3 is 9.88 Å². The fourth-order valence-electron chi connectivity index (χ4n) is 1.43. The highest BCUT2D eigenvalue weighted by Gasteiger charge is 2.02. The molecule has 1 atom stereocenters. The topological polar surface area (TPSA) is 42.7 Å². The summed E-state index contributed by atoms with van der Waals surface area (Å²) in [5.74, 6) is 1.03. The monoisotopic (exact) mass is 208 g/mol. The van der Waals surface area contributed by atoms with E-state index < -0.39 is 0 Å². The van der Waals surface area contributed by atoms with E-state index in [2.05, 4.69) is 29.0 Å². The standard InChI is InChI=1S/C11H20N4/c1-4-5-6-10(2)12-8-7-11-14-13-9-15(11)3/h4,9-10,12H,1,5-8H2,2-3H3.